The molecule has 0 aliphatic carbocycles. The van der Waals surface area contributed by atoms with E-state index in [-0.39, 0.29) is 11.6 Å². The van der Waals surface area contributed by atoms with Gasteiger partial charge in [0.2, 0.25) is 0 Å². The lowest BCUT2D eigenvalue weighted by Gasteiger charge is -2.17. The van der Waals surface area contributed by atoms with Gasteiger partial charge in [0.25, 0.3) is 0 Å². The van der Waals surface area contributed by atoms with Crippen molar-refractivity contribution < 1.29 is 9.53 Å². The second-order valence-corrected chi connectivity index (χ2v) is 5.49. The van der Waals surface area contributed by atoms with Crippen LogP contribution >= 0.6 is 0 Å². The molecule has 0 aliphatic heterocycles. The van der Waals surface area contributed by atoms with Gasteiger partial charge in [-0.3, -0.25) is 0 Å². The molecule has 100 valence electrons. The summed E-state index contributed by atoms with van der Waals surface area (Å²) in [5, 5.41) is 0. The Kier molecular flexibility index (Phi) is 8.83. The van der Waals surface area contributed by atoms with Gasteiger partial charge in [-0.15, -0.1) is 0 Å². The summed E-state index contributed by atoms with van der Waals surface area (Å²) in [5.41, 5.74) is -0.387. The molecular weight excluding hydrogens is 212 g/mol. The standard InChI is InChI=1S/C15H28O2/c1-5-6-7-8-9-10-11-12-13-14(16)17-15(2,3)4/h12-13H,5-11H2,1-4H3. The van der Waals surface area contributed by atoms with Gasteiger partial charge in [0.05, 0.1) is 0 Å². The van der Waals surface area contributed by atoms with Gasteiger partial charge in [-0.05, 0) is 33.6 Å². The third kappa shape index (κ3) is 13.1. The molecule has 0 atom stereocenters. The van der Waals surface area contributed by atoms with Gasteiger partial charge in [0.15, 0.2) is 0 Å². The van der Waals surface area contributed by atoms with Gasteiger partial charge in [0, 0.05) is 6.08 Å². The first-order chi connectivity index (χ1) is 7.95. The van der Waals surface area contributed by atoms with Crippen molar-refractivity contribution in [3.05, 3.63) is 12.2 Å². The van der Waals surface area contributed by atoms with E-state index in [0.29, 0.717) is 0 Å². The largest absolute Gasteiger partial charge is 0.457 e. The highest BCUT2D eigenvalue weighted by Crippen LogP contribution is 2.09. The van der Waals surface area contributed by atoms with Crippen LogP contribution in [0.15, 0.2) is 12.2 Å². The molecule has 0 saturated carbocycles. The van der Waals surface area contributed by atoms with E-state index in [1.54, 1.807) is 6.08 Å². The van der Waals surface area contributed by atoms with Crippen molar-refractivity contribution in [3.8, 4) is 0 Å². The van der Waals surface area contributed by atoms with Gasteiger partial charge >= 0.3 is 5.97 Å². The van der Waals surface area contributed by atoms with Crippen molar-refractivity contribution in [2.75, 3.05) is 0 Å². The van der Waals surface area contributed by atoms with Crippen molar-refractivity contribution >= 4 is 5.97 Å². The summed E-state index contributed by atoms with van der Waals surface area (Å²) in [5.74, 6) is -0.233. The molecule has 0 amide bonds. The summed E-state index contributed by atoms with van der Waals surface area (Å²) < 4.78 is 5.17. The highest BCUT2D eigenvalue weighted by molar-refractivity contribution is 5.82. The fraction of sp³-hybridized carbons (Fsp3) is 0.800. The highest BCUT2D eigenvalue weighted by Gasteiger charge is 2.13. The molecule has 0 aliphatic rings. The van der Waals surface area contributed by atoms with Crippen molar-refractivity contribution in [3.63, 3.8) is 0 Å². The molecule has 0 bridgehead atoms. The van der Waals surface area contributed by atoms with E-state index in [2.05, 4.69) is 6.92 Å². The van der Waals surface area contributed by atoms with Crippen molar-refractivity contribution in [1.29, 1.82) is 0 Å². The van der Waals surface area contributed by atoms with E-state index >= 15 is 0 Å². The first-order valence-corrected chi connectivity index (χ1v) is 6.85. The van der Waals surface area contributed by atoms with Gasteiger partial charge in [-0.1, -0.05) is 45.1 Å². The minimum Gasteiger partial charge on any atom is -0.457 e. The van der Waals surface area contributed by atoms with Crippen LogP contribution in [0.3, 0.4) is 0 Å². The third-order valence-corrected chi connectivity index (χ3v) is 2.39. The molecule has 0 heterocycles. The maximum absolute atomic E-state index is 11.3. The molecule has 2 heteroatoms. The Labute approximate surface area is 106 Å². The maximum Gasteiger partial charge on any atom is 0.330 e. The molecule has 0 radical (unpaired) electrons. The molecule has 0 aromatic heterocycles. The first-order valence-electron chi connectivity index (χ1n) is 6.85. The summed E-state index contributed by atoms with van der Waals surface area (Å²) >= 11 is 0. The zero-order chi connectivity index (χ0) is 13.1. The average molecular weight is 240 g/mol. The Morgan fingerprint density at radius 2 is 1.65 bits per heavy atom. The Morgan fingerprint density at radius 3 is 2.24 bits per heavy atom. The van der Waals surface area contributed by atoms with E-state index < -0.39 is 0 Å². The predicted molar refractivity (Wildman–Crippen MR) is 73.0 cm³/mol. The van der Waals surface area contributed by atoms with Crippen LogP contribution in [0.1, 0.15) is 72.6 Å². The van der Waals surface area contributed by atoms with E-state index in [1.807, 2.05) is 26.8 Å². The zero-order valence-corrected chi connectivity index (χ0v) is 11.9. The van der Waals surface area contributed by atoms with Crippen molar-refractivity contribution in [2.24, 2.45) is 0 Å². The van der Waals surface area contributed by atoms with Crippen LogP contribution in [0.25, 0.3) is 0 Å². The molecule has 0 saturated heterocycles. The van der Waals surface area contributed by atoms with Gasteiger partial charge in [-0.2, -0.15) is 0 Å². The second-order valence-electron chi connectivity index (χ2n) is 5.49. The summed E-state index contributed by atoms with van der Waals surface area (Å²) in [6, 6.07) is 0. The van der Waals surface area contributed by atoms with Crippen LogP contribution in [-0.4, -0.2) is 11.6 Å². The first kappa shape index (κ1) is 16.2. The Balaban J connectivity index is 3.44. The monoisotopic (exact) mass is 240 g/mol. The van der Waals surface area contributed by atoms with Crippen molar-refractivity contribution in [2.45, 2.75) is 78.2 Å². The maximum atomic E-state index is 11.3. The molecule has 0 unspecified atom stereocenters. The number of rotatable bonds is 8. The number of carbonyl (C=O) groups is 1. The topological polar surface area (TPSA) is 26.3 Å². The molecule has 0 aromatic carbocycles. The number of unbranched alkanes of at least 4 members (excludes halogenated alkanes) is 6. The minimum absolute atomic E-state index is 0.233. The zero-order valence-electron chi connectivity index (χ0n) is 11.9. The van der Waals surface area contributed by atoms with Gasteiger partial charge in [0.1, 0.15) is 5.60 Å². The summed E-state index contributed by atoms with van der Waals surface area (Å²) in [6.45, 7) is 7.87. The molecule has 2 nitrogen and oxygen atoms in total. The fourth-order valence-electron chi connectivity index (χ4n) is 1.56. The lowest BCUT2D eigenvalue weighted by molar-refractivity contribution is -0.148. The van der Waals surface area contributed by atoms with E-state index in [1.165, 1.54) is 38.5 Å². The molecule has 0 rings (SSSR count). The van der Waals surface area contributed by atoms with Crippen LogP contribution in [0.2, 0.25) is 0 Å². The van der Waals surface area contributed by atoms with E-state index in [9.17, 15) is 4.79 Å². The van der Waals surface area contributed by atoms with E-state index in [4.69, 9.17) is 4.74 Å². The molecule has 0 N–H and O–H groups in total. The van der Waals surface area contributed by atoms with Crippen LogP contribution in [0.5, 0.6) is 0 Å². The van der Waals surface area contributed by atoms with Crippen molar-refractivity contribution in [1.82, 2.24) is 0 Å². The summed E-state index contributed by atoms with van der Waals surface area (Å²) in [7, 11) is 0. The number of hydrogen-bond donors (Lipinski definition) is 0. The number of esters is 1. The second kappa shape index (κ2) is 9.26. The molecule has 17 heavy (non-hydrogen) atoms. The Morgan fingerprint density at radius 1 is 1.06 bits per heavy atom. The van der Waals surface area contributed by atoms with E-state index in [0.717, 1.165) is 6.42 Å². The number of hydrogen-bond acceptors (Lipinski definition) is 2. The smallest absolute Gasteiger partial charge is 0.330 e. The quantitative estimate of drug-likeness (QED) is 0.351. The lowest BCUT2D eigenvalue weighted by atomic mass is 10.1. The number of ether oxygens (including phenoxy) is 1. The Bertz CT molecular complexity index is 224. The fourth-order valence-corrected chi connectivity index (χ4v) is 1.56. The molecular formula is C15H28O2. The normalized spacial score (nSPS) is 12.0. The SMILES string of the molecule is CCCCCCCCC=CC(=O)OC(C)(C)C. The van der Waals surface area contributed by atoms with Gasteiger partial charge < -0.3 is 4.74 Å². The lowest BCUT2D eigenvalue weighted by Crippen LogP contribution is -2.22. The Hall–Kier alpha value is -0.790. The van der Waals surface area contributed by atoms with Crippen LogP contribution in [0, 0.1) is 0 Å². The summed E-state index contributed by atoms with van der Waals surface area (Å²) in [4.78, 5) is 11.3. The summed E-state index contributed by atoms with van der Waals surface area (Å²) in [6.07, 6.45) is 12.2. The minimum atomic E-state index is -0.387. The average Bonchev–Trinajstić information content (AvgIpc) is 2.19. The van der Waals surface area contributed by atoms with Crippen LogP contribution in [-0.2, 0) is 9.53 Å². The highest BCUT2D eigenvalue weighted by atomic mass is 16.6. The molecule has 0 aromatic rings. The molecule has 0 spiro atoms. The number of allylic oxidation sites excluding steroid dienone is 1. The number of carbonyl (C=O) groups excluding carboxylic acids is 1. The van der Waals surface area contributed by atoms with Crippen LogP contribution in [0.4, 0.5) is 0 Å². The van der Waals surface area contributed by atoms with Gasteiger partial charge in [-0.25, -0.2) is 4.79 Å². The molecule has 0 fully saturated rings. The predicted octanol–water partition coefficient (Wildman–Crippen LogP) is 4.63. The third-order valence-electron chi connectivity index (χ3n) is 2.39. The van der Waals surface area contributed by atoms with Crippen LogP contribution < -0.4 is 0 Å².